The molecule has 0 aliphatic rings. The lowest BCUT2D eigenvalue weighted by Gasteiger charge is -2.17. The standard InChI is InChI=1S/C19H21N3O3S/c1-14-5-3-4-6-16(14)24-11-10-22(2)18(23)8-7-17-20-19(21-25-17)15-9-12-26-13-15/h3-6,9,12-13H,7-8,10-11H2,1-2H3. The Kier molecular flexibility index (Phi) is 6.01. The van der Waals surface area contributed by atoms with Gasteiger partial charge in [0.2, 0.25) is 17.6 Å². The molecule has 0 spiro atoms. The number of aromatic nitrogens is 2. The molecule has 3 rings (SSSR count). The summed E-state index contributed by atoms with van der Waals surface area (Å²) in [6.07, 6.45) is 0.755. The number of ether oxygens (including phenoxy) is 1. The molecule has 3 aromatic rings. The molecule has 0 saturated heterocycles. The Labute approximate surface area is 156 Å². The summed E-state index contributed by atoms with van der Waals surface area (Å²) in [6, 6.07) is 9.77. The zero-order valence-electron chi connectivity index (χ0n) is 14.8. The predicted molar refractivity (Wildman–Crippen MR) is 100 cm³/mol. The van der Waals surface area contributed by atoms with E-state index in [0.717, 1.165) is 16.9 Å². The van der Waals surface area contributed by atoms with Gasteiger partial charge in [-0.25, -0.2) is 0 Å². The molecular formula is C19H21N3O3S. The van der Waals surface area contributed by atoms with E-state index in [1.165, 1.54) is 0 Å². The Hall–Kier alpha value is -2.67. The van der Waals surface area contributed by atoms with E-state index in [0.29, 0.717) is 37.7 Å². The van der Waals surface area contributed by atoms with Gasteiger partial charge in [-0.2, -0.15) is 16.3 Å². The van der Waals surface area contributed by atoms with Gasteiger partial charge in [-0.05, 0) is 30.0 Å². The van der Waals surface area contributed by atoms with Gasteiger partial charge in [-0.1, -0.05) is 23.4 Å². The van der Waals surface area contributed by atoms with Crippen LogP contribution in [0.25, 0.3) is 11.4 Å². The van der Waals surface area contributed by atoms with Crippen LogP contribution >= 0.6 is 11.3 Å². The zero-order valence-corrected chi connectivity index (χ0v) is 15.7. The van der Waals surface area contributed by atoms with E-state index in [4.69, 9.17) is 9.26 Å². The van der Waals surface area contributed by atoms with Crippen LogP contribution in [0.15, 0.2) is 45.6 Å². The van der Waals surface area contributed by atoms with Gasteiger partial charge in [-0.15, -0.1) is 0 Å². The highest BCUT2D eigenvalue weighted by Gasteiger charge is 2.13. The number of carbonyl (C=O) groups is 1. The van der Waals surface area contributed by atoms with Crippen molar-refractivity contribution >= 4 is 17.2 Å². The fourth-order valence-electron chi connectivity index (χ4n) is 2.41. The van der Waals surface area contributed by atoms with E-state index in [2.05, 4.69) is 10.1 Å². The number of carbonyl (C=O) groups excluding carboxylic acids is 1. The molecule has 0 N–H and O–H groups in total. The summed E-state index contributed by atoms with van der Waals surface area (Å²) in [5.74, 6) is 1.91. The number of nitrogens with zero attached hydrogens (tertiary/aromatic N) is 3. The first kappa shape index (κ1) is 18.1. The molecule has 6 nitrogen and oxygen atoms in total. The molecule has 0 fully saturated rings. The van der Waals surface area contributed by atoms with Gasteiger partial charge >= 0.3 is 0 Å². The summed E-state index contributed by atoms with van der Waals surface area (Å²) in [7, 11) is 1.77. The lowest BCUT2D eigenvalue weighted by Crippen LogP contribution is -2.31. The molecule has 0 atom stereocenters. The van der Waals surface area contributed by atoms with Crippen molar-refractivity contribution in [3.05, 3.63) is 52.5 Å². The average molecular weight is 371 g/mol. The molecule has 1 aromatic carbocycles. The van der Waals surface area contributed by atoms with Crippen LogP contribution in [0.1, 0.15) is 17.9 Å². The van der Waals surface area contributed by atoms with E-state index in [1.807, 2.05) is 48.0 Å². The van der Waals surface area contributed by atoms with Crippen LogP contribution in [-0.2, 0) is 11.2 Å². The van der Waals surface area contributed by atoms with Crippen LogP contribution in [0.4, 0.5) is 0 Å². The first-order valence-electron chi connectivity index (χ1n) is 8.41. The van der Waals surface area contributed by atoms with Crippen molar-refractivity contribution < 1.29 is 14.1 Å². The topological polar surface area (TPSA) is 68.5 Å². The third kappa shape index (κ3) is 4.70. The van der Waals surface area contributed by atoms with Crippen LogP contribution in [0, 0.1) is 6.92 Å². The molecule has 2 heterocycles. The van der Waals surface area contributed by atoms with E-state index in [1.54, 1.807) is 23.3 Å². The molecule has 0 aliphatic carbocycles. The number of amides is 1. The number of aryl methyl sites for hydroxylation is 2. The van der Waals surface area contributed by atoms with E-state index >= 15 is 0 Å². The van der Waals surface area contributed by atoms with Crippen molar-refractivity contribution in [1.82, 2.24) is 15.0 Å². The highest BCUT2D eigenvalue weighted by Crippen LogP contribution is 2.19. The second-order valence-corrected chi connectivity index (χ2v) is 6.73. The van der Waals surface area contributed by atoms with Crippen LogP contribution < -0.4 is 4.74 Å². The molecule has 0 aliphatic heterocycles. The van der Waals surface area contributed by atoms with Crippen molar-refractivity contribution in [1.29, 1.82) is 0 Å². The van der Waals surface area contributed by atoms with Gasteiger partial charge in [-0.3, -0.25) is 4.79 Å². The maximum atomic E-state index is 12.2. The summed E-state index contributed by atoms with van der Waals surface area (Å²) in [6.45, 7) is 2.98. The Morgan fingerprint density at radius 1 is 1.31 bits per heavy atom. The minimum absolute atomic E-state index is 0.0219. The highest BCUT2D eigenvalue weighted by molar-refractivity contribution is 7.08. The minimum atomic E-state index is 0.0219. The van der Waals surface area contributed by atoms with Crippen LogP contribution in [0.2, 0.25) is 0 Å². The van der Waals surface area contributed by atoms with Crippen LogP contribution in [-0.4, -0.2) is 41.1 Å². The first-order valence-corrected chi connectivity index (χ1v) is 9.35. The summed E-state index contributed by atoms with van der Waals surface area (Å²) in [4.78, 5) is 18.2. The summed E-state index contributed by atoms with van der Waals surface area (Å²) >= 11 is 1.58. The minimum Gasteiger partial charge on any atom is -0.491 e. The van der Waals surface area contributed by atoms with Gasteiger partial charge in [0.25, 0.3) is 0 Å². The second kappa shape index (κ2) is 8.62. The number of thiophene rings is 1. The number of benzene rings is 1. The molecule has 7 heteroatoms. The lowest BCUT2D eigenvalue weighted by atomic mass is 10.2. The van der Waals surface area contributed by atoms with Crippen molar-refractivity contribution in [2.75, 3.05) is 20.2 Å². The molecule has 1 amide bonds. The summed E-state index contributed by atoms with van der Waals surface area (Å²) < 4.78 is 11.0. The second-order valence-electron chi connectivity index (χ2n) is 5.95. The third-order valence-corrected chi connectivity index (χ3v) is 4.69. The van der Waals surface area contributed by atoms with Crippen molar-refractivity contribution in [3.8, 4) is 17.1 Å². The normalized spacial score (nSPS) is 10.7. The molecule has 26 heavy (non-hydrogen) atoms. The molecule has 0 unspecified atom stereocenters. The SMILES string of the molecule is Cc1ccccc1OCCN(C)C(=O)CCc1nc(-c2ccsc2)no1. The number of hydrogen-bond acceptors (Lipinski definition) is 6. The number of hydrogen-bond donors (Lipinski definition) is 0. The third-order valence-electron chi connectivity index (χ3n) is 4.00. The molecule has 0 saturated carbocycles. The quantitative estimate of drug-likeness (QED) is 0.605. The Balaban J connectivity index is 1.42. The zero-order chi connectivity index (χ0) is 18.4. The molecule has 0 bridgehead atoms. The Bertz CT molecular complexity index is 845. The highest BCUT2D eigenvalue weighted by atomic mass is 32.1. The summed E-state index contributed by atoms with van der Waals surface area (Å²) in [5.41, 5.74) is 2.01. The fourth-order valence-corrected chi connectivity index (χ4v) is 3.04. The smallest absolute Gasteiger partial charge is 0.227 e. The van der Waals surface area contributed by atoms with E-state index in [9.17, 15) is 4.79 Å². The first-order chi connectivity index (χ1) is 12.6. The molecule has 2 aromatic heterocycles. The van der Waals surface area contributed by atoms with E-state index < -0.39 is 0 Å². The van der Waals surface area contributed by atoms with Gasteiger partial charge in [0.15, 0.2) is 0 Å². The maximum Gasteiger partial charge on any atom is 0.227 e. The van der Waals surface area contributed by atoms with Crippen molar-refractivity contribution in [2.45, 2.75) is 19.8 Å². The maximum absolute atomic E-state index is 12.2. The number of likely N-dealkylation sites (N-methyl/N-ethyl adjacent to an activating group) is 1. The predicted octanol–water partition coefficient (Wildman–Crippen LogP) is 3.58. The van der Waals surface area contributed by atoms with Gasteiger partial charge in [0.1, 0.15) is 12.4 Å². The van der Waals surface area contributed by atoms with Crippen LogP contribution in [0.5, 0.6) is 5.75 Å². The Morgan fingerprint density at radius 3 is 2.92 bits per heavy atom. The van der Waals surface area contributed by atoms with Crippen LogP contribution in [0.3, 0.4) is 0 Å². The van der Waals surface area contributed by atoms with E-state index in [-0.39, 0.29) is 5.91 Å². The number of rotatable bonds is 8. The van der Waals surface area contributed by atoms with Gasteiger partial charge < -0.3 is 14.2 Å². The molecule has 0 radical (unpaired) electrons. The molecular weight excluding hydrogens is 350 g/mol. The van der Waals surface area contributed by atoms with Crippen molar-refractivity contribution in [3.63, 3.8) is 0 Å². The Morgan fingerprint density at radius 2 is 2.15 bits per heavy atom. The summed E-state index contributed by atoms with van der Waals surface area (Å²) in [5, 5.41) is 7.87. The fraction of sp³-hybridized carbons (Fsp3) is 0.316. The van der Waals surface area contributed by atoms with Gasteiger partial charge in [0, 0.05) is 30.8 Å². The number of para-hydroxylation sites is 1. The molecule has 136 valence electrons. The average Bonchev–Trinajstić information content (AvgIpc) is 3.32. The van der Waals surface area contributed by atoms with Crippen molar-refractivity contribution in [2.24, 2.45) is 0 Å². The largest absolute Gasteiger partial charge is 0.491 e. The van der Waals surface area contributed by atoms with Gasteiger partial charge in [0.05, 0.1) is 6.54 Å². The monoisotopic (exact) mass is 371 g/mol. The lowest BCUT2D eigenvalue weighted by molar-refractivity contribution is -0.130.